The third-order valence-corrected chi connectivity index (χ3v) is 9.16. The number of nitrogen functional groups attached to an aromatic ring is 1. The van der Waals surface area contributed by atoms with Crippen molar-refractivity contribution >= 4 is 65.9 Å². The van der Waals surface area contributed by atoms with Crippen LogP contribution in [-0.2, 0) is 6.54 Å². The van der Waals surface area contributed by atoms with Gasteiger partial charge in [-0.2, -0.15) is 0 Å². The lowest BCUT2D eigenvalue weighted by Crippen LogP contribution is -2.56. The average molecular weight is 599 g/mol. The molecule has 0 spiro atoms. The second-order valence-electron chi connectivity index (χ2n) is 9.80. The van der Waals surface area contributed by atoms with Crippen molar-refractivity contribution in [3.8, 4) is 11.5 Å². The van der Waals surface area contributed by atoms with Gasteiger partial charge >= 0.3 is 5.91 Å². The maximum Gasteiger partial charge on any atom is 0.313 e. The first-order valence-electron chi connectivity index (χ1n) is 13.1. The monoisotopic (exact) mass is 598 g/mol. The summed E-state index contributed by atoms with van der Waals surface area (Å²) in [7, 11) is 0. The molecular formula is C33H27ClN2O3S2. The number of hydrogen-bond acceptors (Lipinski definition) is 7. The molecule has 0 radical (unpaired) electrons. The molecule has 0 amide bonds. The number of carbonyl (C=O) groups excluding carboxylic acids is 1. The molecule has 0 saturated carbocycles. The Labute approximate surface area is 251 Å². The highest BCUT2D eigenvalue weighted by atomic mass is 35.5. The number of Topliss-reactive ketones (excluding diaryl/α,β-unsaturated/α-hetero) is 1. The van der Waals surface area contributed by atoms with Crippen LogP contribution in [0.25, 0.3) is 20.2 Å². The zero-order valence-electron chi connectivity index (χ0n) is 22.3. The predicted octanol–water partition coefficient (Wildman–Crippen LogP) is 8.87. The zero-order chi connectivity index (χ0) is 28.4. The lowest BCUT2D eigenvalue weighted by Gasteiger charge is -2.40. The number of benzene rings is 4. The van der Waals surface area contributed by atoms with Gasteiger partial charge < -0.3 is 15.2 Å². The van der Waals surface area contributed by atoms with Crippen LogP contribution < -0.4 is 15.2 Å². The summed E-state index contributed by atoms with van der Waals surface area (Å²) < 4.78 is 15.8. The molecular weight excluding hydrogens is 572 g/mol. The van der Waals surface area contributed by atoms with E-state index in [1.165, 1.54) is 0 Å². The number of anilines is 1. The number of halogens is 1. The van der Waals surface area contributed by atoms with E-state index in [-0.39, 0.29) is 12.3 Å². The Hall–Kier alpha value is -3.88. The molecule has 6 rings (SSSR count). The number of thiophene rings is 2. The lowest BCUT2D eigenvalue weighted by molar-refractivity contribution is -0.209. The fourth-order valence-corrected chi connectivity index (χ4v) is 6.59. The molecule has 0 aliphatic rings. The van der Waals surface area contributed by atoms with Crippen LogP contribution in [-0.4, -0.2) is 23.1 Å². The molecule has 0 saturated heterocycles. The molecule has 0 atom stereocenters. The smallest absolute Gasteiger partial charge is 0.313 e. The van der Waals surface area contributed by atoms with E-state index < -0.39 is 5.91 Å². The van der Waals surface area contributed by atoms with Gasteiger partial charge in [-0.3, -0.25) is 4.79 Å². The summed E-state index contributed by atoms with van der Waals surface area (Å²) in [6, 6.07) is 31.1. The molecule has 6 aromatic rings. The SMILES string of the molecule is CC(Oc1csc2ccccc12)(Oc1csc2ccccc12)N(CC(=O)c1ccc(Cl)c(N)c1)Cc1ccccc1. The van der Waals surface area contributed by atoms with Gasteiger partial charge in [0.1, 0.15) is 11.5 Å². The Morgan fingerprint density at radius 1 is 0.829 bits per heavy atom. The Balaban J connectivity index is 1.44. The third kappa shape index (κ3) is 5.80. The summed E-state index contributed by atoms with van der Waals surface area (Å²) in [4.78, 5) is 15.7. The van der Waals surface area contributed by atoms with Gasteiger partial charge in [0.15, 0.2) is 5.78 Å². The van der Waals surface area contributed by atoms with Crippen molar-refractivity contribution < 1.29 is 14.3 Å². The van der Waals surface area contributed by atoms with Crippen molar-refractivity contribution in [1.29, 1.82) is 0 Å². The van der Waals surface area contributed by atoms with Crippen molar-refractivity contribution in [3.63, 3.8) is 0 Å². The molecule has 0 aliphatic heterocycles. The maximum atomic E-state index is 13.7. The summed E-state index contributed by atoms with van der Waals surface area (Å²) in [5.74, 6) is -0.118. The first kappa shape index (κ1) is 27.3. The molecule has 206 valence electrons. The van der Waals surface area contributed by atoms with Gasteiger partial charge in [-0.1, -0.05) is 66.2 Å². The highest BCUT2D eigenvalue weighted by Gasteiger charge is 2.40. The number of nitrogens with zero attached hydrogens (tertiary/aromatic N) is 1. The molecule has 0 fully saturated rings. The Kier molecular flexibility index (Phi) is 7.69. The van der Waals surface area contributed by atoms with Crippen LogP contribution in [0, 0.1) is 0 Å². The average Bonchev–Trinajstić information content (AvgIpc) is 3.58. The second-order valence-corrected chi connectivity index (χ2v) is 12.0. The molecule has 4 aromatic carbocycles. The number of hydrogen-bond donors (Lipinski definition) is 1. The summed E-state index contributed by atoms with van der Waals surface area (Å²) in [5, 5.41) is 6.35. The van der Waals surface area contributed by atoms with Crippen LogP contribution in [0.5, 0.6) is 11.5 Å². The standard InChI is InChI=1S/C33H27ClN2O3S2/c1-33(38-29-20-40-31-13-7-5-11-24(29)31,39-30-21-41-32-14-8-6-12-25(30)32)36(18-22-9-3-2-4-10-22)19-28(37)23-15-16-26(34)27(35)17-23/h2-17,20-21H,18-19,35H2,1H3. The minimum absolute atomic E-state index is 0.0105. The van der Waals surface area contributed by atoms with E-state index in [1.807, 2.05) is 89.3 Å². The molecule has 0 bridgehead atoms. The number of carbonyl (C=O) groups is 1. The molecule has 2 N–H and O–H groups in total. The molecule has 2 heterocycles. The summed E-state index contributed by atoms with van der Waals surface area (Å²) in [6.07, 6.45) is 0. The van der Waals surface area contributed by atoms with E-state index in [1.54, 1.807) is 40.9 Å². The molecule has 2 aromatic heterocycles. The van der Waals surface area contributed by atoms with Gasteiger partial charge in [0, 0.05) is 50.0 Å². The molecule has 0 unspecified atom stereocenters. The van der Waals surface area contributed by atoms with Crippen molar-refractivity contribution in [2.75, 3.05) is 12.3 Å². The topological polar surface area (TPSA) is 64.8 Å². The summed E-state index contributed by atoms with van der Waals surface area (Å²) >= 11 is 9.35. The first-order valence-corrected chi connectivity index (χ1v) is 15.2. The Bertz CT molecular complexity index is 1760. The van der Waals surface area contributed by atoms with Crippen LogP contribution in [0.15, 0.2) is 108 Å². The molecule has 41 heavy (non-hydrogen) atoms. The largest absolute Gasteiger partial charge is 0.438 e. The van der Waals surface area contributed by atoms with E-state index in [0.717, 1.165) is 25.7 Å². The summed E-state index contributed by atoms with van der Waals surface area (Å²) in [5.41, 5.74) is 7.88. The van der Waals surface area contributed by atoms with Crippen LogP contribution in [0.2, 0.25) is 5.02 Å². The number of ketones is 1. The summed E-state index contributed by atoms with van der Waals surface area (Å²) in [6.45, 7) is 2.28. The normalized spacial score (nSPS) is 11.8. The van der Waals surface area contributed by atoms with Gasteiger partial charge in [-0.05, 0) is 48.0 Å². The predicted molar refractivity (Wildman–Crippen MR) is 170 cm³/mol. The van der Waals surface area contributed by atoms with E-state index in [2.05, 4.69) is 12.1 Å². The third-order valence-electron chi connectivity index (χ3n) is 6.93. The first-order chi connectivity index (χ1) is 19.9. The molecule has 5 nitrogen and oxygen atoms in total. The number of rotatable bonds is 10. The molecule has 0 aliphatic carbocycles. The van der Waals surface area contributed by atoms with E-state index >= 15 is 0 Å². The quantitative estimate of drug-likeness (QED) is 0.0969. The van der Waals surface area contributed by atoms with Crippen molar-refractivity contribution in [2.24, 2.45) is 0 Å². The van der Waals surface area contributed by atoms with Gasteiger partial charge in [0.25, 0.3) is 0 Å². The van der Waals surface area contributed by atoms with Crippen LogP contribution in [0.4, 0.5) is 5.69 Å². The van der Waals surface area contributed by atoms with Crippen LogP contribution in [0.3, 0.4) is 0 Å². The van der Waals surface area contributed by atoms with Crippen molar-refractivity contribution in [2.45, 2.75) is 19.4 Å². The number of fused-ring (bicyclic) bond motifs is 2. The van der Waals surface area contributed by atoms with Gasteiger partial charge in [-0.25, -0.2) is 4.90 Å². The lowest BCUT2D eigenvalue weighted by atomic mass is 10.1. The van der Waals surface area contributed by atoms with E-state index in [9.17, 15) is 4.79 Å². The highest BCUT2D eigenvalue weighted by Crippen LogP contribution is 2.39. The Morgan fingerprint density at radius 2 is 1.39 bits per heavy atom. The minimum atomic E-state index is -1.36. The van der Waals surface area contributed by atoms with Gasteiger partial charge in [-0.15, -0.1) is 22.7 Å². The van der Waals surface area contributed by atoms with Crippen molar-refractivity contribution in [1.82, 2.24) is 4.90 Å². The highest BCUT2D eigenvalue weighted by molar-refractivity contribution is 7.17. The maximum absolute atomic E-state index is 13.7. The van der Waals surface area contributed by atoms with Crippen molar-refractivity contribution in [3.05, 3.63) is 124 Å². The fourth-order valence-electron chi connectivity index (χ4n) is 4.75. The van der Waals surface area contributed by atoms with E-state index in [4.69, 9.17) is 26.8 Å². The van der Waals surface area contributed by atoms with Gasteiger partial charge in [0.2, 0.25) is 0 Å². The van der Waals surface area contributed by atoms with E-state index in [0.29, 0.717) is 34.3 Å². The Morgan fingerprint density at radius 3 is 1.98 bits per heavy atom. The number of nitrogens with two attached hydrogens (primary N) is 1. The molecule has 8 heteroatoms. The van der Waals surface area contributed by atoms with Crippen LogP contribution >= 0.6 is 34.3 Å². The fraction of sp³-hybridized carbons (Fsp3) is 0.121. The van der Waals surface area contributed by atoms with Crippen LogP contribution in [0.1, 0.15) is 22.8 Å². The second kappa shape index (κ2) is 11.5. The zero-order valence-corrected chi connectivity index (χ0v) is 24.6. The number of ether oxygens (including phenoxy) is 2. The van der Waals surface area contributed by atoms with Gasteiger partial charge in [0.05, 0.1) is 17.3 Å². The minimum Gasteiger partial charge on any atom is -0.438 e.